The fourth-order valence-electron chi connectivity index (χ4n) is 1.44. The van der Waals surface area contributed by atoms with Crippen LogP contribution < -0.4 is 4.90 Å². The minimum atomic E-state index is -0.185. The standard InChI is InChI=1S/C12H19NO2/c1-10-6-5-7-11(8-10)13(2)9-12(14-3)15-4/h5-8,12H,9H2,1-4H3. The zero-order valence-electron chi connectivity index (χ0n) is 9.86. The van der Waals surface area contributed by atoms with Crippen LogP contribution in [0.15, 0.2) is 24.3 Å². The Balaban J connectivity index is 2.64. The summed E-state index contributed by atoms with van der Waals surface area (Å²) in [7, 11) is 5.33. The highest BCUT2D eigenvalue weighted by molar-refractivity contribution is 5.47. The number of aryl methyl sites for hydroxylation is 1. The van der Waals surface area contributed by atoms with Crippen LogP contribution in [0.1, 0.15) is 5.56 Å². The maximum Gasteiger partial charge on any atom is 0.174 e. The molecule has 0 fully saturated rings. The van der Waals surface area contributed by atoms with Crippen LogP contribution in [0.3, 0.4) is 0 Å². The van der Waals surface area contributed by atoms with E-state index in [0.717, 1.165) is 6.54 Å². The summed E-state index contributed by atoms with van der Waals surface area (Å²) in [6, 6.07) is 8.36. The van der Waals surface area contributed by atoms with Gasteiger partial charge in [0.15, 0.2) is 6.29 Å². The first kappa shape index (κ1) is 12.0. The Bertz CT molecular complexity index is 297. The Morgan fingerprint density at radius 1 is 1.27 bits per heavy atom. The molecule has 0 aliphatic carbocycles. The number of ether oxygens (including phenoxy) is 2. The molecule has 0 radical (unpaired) electrons. The van der Waals surface area contributed by atoms with Gasteiger partial charge in [-0.25, -0.2) is 0 Å². The van der Waals surface area contributed by atoms with Crippen LogP contribution >= 0.6 is 0 Å². The van der Waals surface area contributed by atoms with E-state index in [2.05, 4.69) is 36.1 Å². The largest absolute Gasteiger partial charge is 0.369 e. The summed E-state index contributed by atoms with van der Waals surface area (Å²) in [4.78, 5) is 2.12. The molecular formula is C12H19NO2. The van der Waals surface area contributed by atoms with E-state index in [1.807, 2.05) is 7.05 Å². The molecular weight excluding hydrogens is 190 g/mol. The molecule has 84 valence electrons. The van der Waals surface area contributed by atoms with E-state index in [4.69, 9.17) is 9.47 Å². The van der Waals surface area contributed by atoms with Crippen molar-refractivity contribution in [1.82, 2.24) is 0 Å². The van der Waals surface area contributed by atoms with Crippen molar-refractivity contribution >= 4 is 5.69 Å². The lowest BCUT2D eigenvalue weighted by Gasteiger charge is -2.24. The lowest BCUT2D eigenvalue weighted by atomic mass is 10.2. The van der Waals surface area contributed by atoms with E-state index < -0.39 is 0 Å². The minimum absolute atomic E-state index is 0.185. The first-order valence-electron chi connectivity index (χ1n) is 5.00. The van der Waals surface area contributed by atoms with Crippen LogP contribution in [0.2, 0.25) is 0 Å². The van der Waals surface area contributed by atoms with Crippen molar-refractivity contribution in [3.8, 4) is 0 Å². The second-order valence-electron chi connectivity index (χ2n) is 3.62. The molecule has 15 heavy (non-hydrogen) atoms. The van der Waals surface area contributed by atoms with Crippen LogP contribution in [0.25, 0.3) is 0 Å². The molecule has 1 aromatic carbocycles. The van der Waals surface area contributed by atoms with Gasteiger partial charge in [0.05, 0.1) is 6.54 Å². The normalized spacial score (nSPS) is 10.7. The smallest absolute Gasteiger partial charge is 0.174 e. The number of methoxy groups -OCH3 is 2. The van der Waals surface area contributed by atoms with Crippen LogP contribution in [-0.2, 0) is 9.47 Å². The second-order valence-corrected chi connectivity index (χ2v) is 3.62. The molecule has 0 N–H and O–H groups in total. The molecule has 0 saturated heterocycles. The van der Waals surface area contributed by atoms with E-state index in [0.29, 0.717) is 0 Å². The Labute approximate surface area is 91.6 Å². The number of likely N-dealkylation sites (N-methyl/N-ethyl adjacent to an activating group) is 1. The fourth-order valence-corrected chi connectivity index (χ4v) is 1.44. The van der Waals surface area contributed by atoms with Gasteiger partial charge in [-0.1, -0.05) is 12.1 Å². The zero-order chi connectivity index (χ0) is 11.3. The molecule has 0 saturated carbocycles. The predicted octanol–water partition coefficient (Wildman–Crippen LogP) is 2.05. The molecule has 1 aromatic rings. The van der Waals surface area contributed by atoms with E-state index in [1.54, 1.807) is 14.2 Å². The maximum atomic E-state index is 5.16. The minimum Gasteiger partial charge on any atom is -0.369 e. The van der Waals surface area contributed by atoms with Gasteiger partial charge in [-0.3, -0.25) is 0 Å². The molecule has 0 aliphatic heterocycles. The average Bonchev–Trinajstić information content (AvgIpc) is 2.25. The molecule has 0 heterocycles. The van der Waals surface area contributed by atoms with Crippen molar-refractivity contribution in [2.45, 2.75) is 13.2 Å². The van der Waals surface area contributed by atoms with E-state index >= 15 is 0 Å². The van der Waals surface area contributed by atoms with Crippen LogP contribution in [0.5, 0.6) is 0 Å². The number of hydrogen-bond acceptors (Lipinski definition) is 3. The van der Waals surface area contributed by atoms with Crippen molar-refractivity contribution in [2.75, 3.05) is 32.7 Å². The fraction of sp³-hybridized carbons (Fsp3) is 0.500. The van der Waals surface area contributed by atoms with Gasteiger partial charge in [0, 0.05) is 27.0 Å². The Hall–Kier alpha value is -1.06. The number of rotatable bonds is 5. The number of nitrogens with zero attached hydrogens (tertiary/aromatic N) is 1. The number of hydrogen-bond donors (Lipinski definition) is 0. The van der Waals surface area contributed by atoms with Gasteiger partial charge in [0.25, 0.3) is 0 Å². The molecule has 0 bridgehead atoms. The van der Waals surface area contributed by atoms with Gasteiger partial charge >= 0.3 is 0 Å². The lowest BCUT2D eigenvalue weighted by Crippen LogP contribution is -2.31. The second kappa shape index (κ2) is 5.73. The summed E-state index contributed by atoms with van der Waals surface area (Å²) in [5.74, 6) is 0. The molecule has 0 atom stereocenters. The summed E-state index contributed by atoms with van der Waals surface area (Å²) in [5.41, 5.74) is 2.43. The highest BCUT2D eigenvalue weighted by Crippen LogP contribution is 2.14. The molecule has 0 amide bonds. The molecule has 3 nitrogen and oxygen atoms in total. The molecule has 0 aliphatic rings. The molecule has 3 heteroatoms. The van der Waals surface area contributed by atoms with Crippen molar-refractivity contribution in [3.63, 3.8) is 0 Å². The lowest BCUT2D eigenvalue weighted by molar-refractivity contribution is -0.0944. The van der Waals surface area contributed by atoms with Crippen LogP contribution in [0.4, 0.5) is 5.69 Å². The van der Waals surface area contributed by atoms with Crippen LogP contribution in [0, 0.1) is 6.92 Å². The molecule has 0 spiro atoms. The first-order chi connectivity index (χ1) is 7.17. The predicted molar refractivity (Wildman–Crippen MR) is 62.3 cm³/mol. The van der Waals surface area contributed by atoms with Gasteiger partial charge in [0.2, 0.25) is 0 Å². The molecule has 1 rings (SSSR count). The number of anilines is 1. The van der Waals surface area contributed by atoms with Crippen molar-refractivity contribution in [3.05, 3.63) is 29.8 Å². The Morgan fingerprint density at radius 2 is 1.93 bits per heavy atom. The first-order valence-corrected chi connectivity index (χ1v) is 5.00. The van der Waals surface area contributed by atoms with Gasteiger partial charge in [-0.2, -0.15) is 0 Å². The average molecular weight is 209 g/mol. The van der Waals surface area contributed by atoms with Gasteiger partial charge in [-0.15, -0.1) is 0 Å². The summed E-state index contributed by atoms with van der Waals surface area (Å²) >= 11 is 0. The quantitative estimate of drug-likeness (QED) is 0.693. The van der Waals surface area contributed by atoms with Gasteiger partial charge in [0.1, 0.15) is 0 Å². The third-order valence-electron chi connectivity index (χ3n) is 2.39. The SMILES string of the molecule is COC(CN(C)c1cccc(C)c1)OC. The van der Waals surface area contributed by atoms with E-state index in [-0.39, 0.29) is 6.29 Å². The van der Waals surface area contributed by atoms with Crippen LogP contribution in [-0.4, -0.2) is 34.1 Å². The third-order valence-corrected chi connectivity index (χ3v) is 2.39. The molecule has 0 unspecified atom stereocenters. The topological polar surface area (TPSA) is 21.7 Å². The summed E-state index contributed by atoms with van der Waals surface area (Å²) in [6.07, 6.45) is -0.185. The summed E-state index contributed by atoms with van der Waals surface area (Å²) in [6.45, 7) is 2.80. The van der Waals surface area contributed by atoms with Crippen molar-refractivity contribution < 1.29 is 9.47 Å². The van der Waals surface area contributed by atoms with E-state index in [9.17, 15) is 0 Å². The highest BCUT2D eigenvalue weighted by atomic mass is 16.7. The molecule has 0 aromatic heterocycles. The monoisotopic (exact) mass is 209 g/mol. The van der Waals surface area contributed by atoms with Crippen molar-refractivity contribution in [2.24, 2.45) is 0 Å². The summed E-state index contributed by atoms with van der Waals surface area (Å²) in [5, 5.41) is 0. The van der Waals surface area contributed by atoms with Crippen molar-refractivity contribution in [1.29, 1.82) is 0 Å². The number of benzene rings is 1. The van der Waals surface area contributed by atoms with Gasteiger partial charge in [-0.05, 0) is 24.6 Å². The maximum absolute atomic E-state index is 5.16. The highest BCUT2D eigenvalue weighted by Gasteiger charge is 2.09. The van der Waals surface area contributed by atoms with Gasteiger partial charge < -0.3 is 14.4 Å². The third kappa shape index (κ3) is 3.53. The zero-order valence-corrected chi connectivity index (χ0v) is 9.86. The Morgan fingerprint density at radius 3 is 2.47 bits per heavy atom. The van der Waals surface area contributed by atoms with E-state index in [1.165, 1.54) is 11.3 Å². The Kier molecular flexibility index (Phi) is 4.59. The summed E-state index contributed by atoms with van der Waals surface area (Å²) < 4.78 is 10.3.